The SMILES string of the molecule is CC(C)CC(NC(=O)c1cccc(S(C)(=O)=O)c1)c1nccs1. The topological polar surface area (TPSA) is 76.1 Å². The Morgan fingerprint density at radius 1 is 1.35 bits per heavy atom. The van der Waals surface area contributed by atoms with Crippen molar-refractivity contribution in [1.29, 1.82) is 0 Å². The number of hydrogen-bond acceptors (Lipinski definition) is 5. The lowest BCUT2D eigenvalue weighted by atomic mass is 10.0. The fourth-order valence-corrected chi connectivity index (χ4v) is 3.58. The number of sulfone groups is 1. The second-order valence-electron chi connectivity index (χ2n) is 5.83. The number of nitrogens with zero attached hydrogens (tertiary/aromatic N) is 1. The van der Waals surface area contributed by atoms with Gasteiger partial charge < -0.3 is 5.32 Å². The highest BCUT2D eigenvalue weighted by atomic mass is 32.2. The van der Waals surface area contributed by atoms with Crippen LogP contribution in [0.5, 0.6) is 0 Å². The highest BCUT2D eigenvalue weighted by molar-refractivity contribution is 7.90. The van der Waals surface area contributed by atoms with Crippen molar-refractivity contribution in [3.05, 3.63) is 46.4 Å². The molecule has 5 nitrogen and oxygen atoms in total. The van der Waals surface area contributed by atoms with Crippen molar-refractivity contribution >= 4 is 27.1 Å². The highest BCUT2D eigenvalue weighted by Gasteiger charge is 2.20. The number of rotatable bonds is 6. The van der Waals surface area contributed by atoms with Crippen molar-refractivity contribution in [3.8, 4) is 0 Å². The zero-order chi connectivity index (χ0) is 17.0. The smallest absolute Gasteiger partial charge is 0.251 e. The summed E-state index contributed by atoms with van der Waals surface area (Å²) in [6, 6.07) is 5.89. The third-order valence-corrected chi connectivity index (χ3v) is 5.29. The minimum Gasteiger partial charge on any atom is -0.343 e. The molecule has 1 atom stereocenters. The summed E-state index contributed by atoms with van der Waals surface area (Å²) >= 11 is 1.50. The largest absolute Gasteiger partial charge is 0.343 e. The van der Waals surface area contributed by atoms with Gasteiger partial charge in [0.15, 0.2) is 9.84 Å². The predicted molar refractivity (Wildman–Crippen MR) is 91.3 cm³/mol. The molecule has 1 aromatic carbocycles. The van der Waals surface area contributed by atoms with E-state index < -0.39 is 9.84 Å². The monoisotopic (exact) mass is 352 g/mol. The molecule has 1 unspecified atom stereocenters. The molecule has 0 fully saturated rings. The standard InChI is InChI=1S/C16H20N2O3S2/c1-11(2)9-14(16-17-7-8-22-16)18-15(19)12-5-4-6-13(10-12)23(3,20)21/h4-8,10-11,14H,9H2,1-3H3,(H,18,19). The lowest BCUT2D eigenvalue weighted by Crippen LogP contribution is -2.29. The first-order valence-electron chi connectivity index (χ1n) is 7.27. The van der Waals surface area contributed by atoms with Gasteiger partial charge in [-0.2, -0.15) is 0 Å². The summed E-state index contributed by atoms with van der Waals surface area (Å²) in [6.07, 6.45) is 3.61. The van der Waals surface area contributed by atoms with Gasteiger partial charge in [-0.05, 0) is 30.5 Å². The first-order chi connectivity index (χ1) is 10.8. The van der Waals surface area contributed by atoms with E-state index in [2.05, 4.69) is 24.1 Å². The van der Waals surface area contributed by atoms with Crippen LogP contribution in [-0.4, -0.2) is 25.6 Å². The Hall–Kier alpha value is -1.73. The Kier molecular flexibility index (Phi) is 5.54. The van der Waals surface area contributed by atoms with Gasteiger partial charge in [-0.25, -0.2) is 13.4 Å². The molecule has 0 spiro atoms. The summed E-state index contributed by atoms with van der Waals surface area (Å²) in [5, 5.41) is 5.69. The fourth-order valence-electron chi connectivity index (χ4n) is 2.21. The number of thiazole rings is 1. The second kappa shape index (κ2) is 7.23. The van der Waals surface area contributed by atoms with Crippen molar-refractivity contribution in [2.75, 3.05) is 6.26 Å². The first kappa shape index (κ1) is 17.6. The van der Waals surface area contributed by atoms with Crippen molar-refractivity contribution in [2.24, 2.45) is 5.92 Å². The van der Waals surface area contributed by atoms with Gasteiger partial charge in [-0.1, -0.05) is 19.9 Å². The maximum absolute atomic E-state index is 12.5. The van der Waals surface area contributed by atoms with E-state index in [0.29, 0.717) is 11.5 Å². The minimum absolute atomic E-state index is 0.139. The summed E-state index contributed by atoms with van der Waals surface area (Å²) in [5.74, 6) is 0.0999. The molecule has 2 aromatic rings. The second-order valence-corrected chi connectivity index (χ2v) is 8.77. The third kappa shape index (κ3) is 4.87. The van der Waals surface area contributed by atoms with Crippen LogP contribution < -0.4 is 5.32 Å². The van der Waals surface area contributed by atoms with Crippen LogP contribution in [0.15, 0.2) is 40.7 Å². The number of aromatic nitrogens is 1. The van der Waals surface area contributed by atoms with Crippen LogP contribution in [0.3, 0.4) is 0 Å². The molecule has 23 heavy (non-hydrogen) atoms. The Morgan fingerprint density at radius 2 is 2.09 bits per heavy atom. The van der Waals surface area contributed by atoms with Gasteiger partial charge in [-0.3, -0.25) is 4.79 Å². The van der Waals surface area contributed by atoms with Gasteiger partial charge in [0.1, 0.15) is 5.01 Å². The van der Waals surface area contributed by atoms with Gasteiger partial charge in [0.05, 0.1) is 10.9 Å². The Balaban J connectivity index is 2.22. The van der Waals surface area contributed by atoms with E-state index in [1.165, 1.54) is 23.5 Å². The molecular weight excluding hydrogens is 332 g/mol. The van der Waals surface area contributed by atoms with E-state index in [9.17, 15) is 13.2 Å². The number of carbonyl (C=O) groups excluding carboxylic acids is 1. The van der Waals surface area contributed by atoms with E-state index in [4.69, 9.17) is 0 Å². The number of amides is 1. The summed E-state index contributed by atoms with van der Waals surface area (Å²) in [6.45, 7) is 4.16. The normalized spacial score (nSPS) is 13.0. The van der Waals surface area contributed by atoms with Crippen molar-refractivity contribution in [1.82, 2.24) is 10.3 Å². The quantitative estimate of drug-likeness (QED) is 0.867. The maximum atomic E-state index is 12.5. The van der Waals surface area contributed by atoms with E-state index in [0.717, 1.165) is 17.7 Å². The van der Waals surface area contributed by atoms with Crippen LogP contribution >= 0.6 is 11.3 Å². The average Bonchev–Trinajstić information content (AvgIpc) is 2.99. The summed E-state index contributed by atoms with van der Waals surface area (Å²) < 4.78 is 23.2. The molecule has 1 amide bonds. The molecule has 0 saturated carbocycles. The van der Waals surface area contributed by atoms with Crippen LogP contribution in [0.2, 0.25) is 0 Å². The van der Waals surface area contributed by atoms with Gasteiger partial charge in [0, 0.05) is 23.4 Å². The summed E-state index contributed by atoms with van der Waals surface area (Å²) in [4.78, 5) is 16.9. The Morgan fingerprint density at radius 3 is 2.65 bits per heavy atom. The molecule has 7 heteroatoms. The van der Waals surface area contributed by atoms with Gasteiger partial charge in [0.2, 0.25) is 0 Å². The van der Waals surface area contributed by atoms with E-state index in [1.54, 1.807) is 18.3 Å². The molecule has 1 heterocycles. The minimum atomic E-state index is -3.34. The van der Waals surface area contributed by atoms with E-state index in [1.807, 2.05) is 5.38 Å². The van der Waals surface area contributed by atoms with Crippen LogP contribution in [0.4, 0.5) is 0 Å². The zero-order valence-corrected chi connectivity index (χ0v) is 14.9. The summed E-state index contributed by atoms with van der Waals surface area (Å²) in [7, 11) is -3.34. The molecule has 124 valence electrons. The van der Waals surface area contributed by atoms with Crippen LogP contribution in [0, 0.1) is 5.92 Å². The molecule has 0 saturated heterocycles. The van der Waals surface area contributed by atoms with Crippen molar-refractivity contribution < 1.29 is 13.2 Å². The van der Waals surface area contributed by atoms with Crippen LogP contribution in [0.25, 0.3) is 0 Å². The fraction of sp³-hybridized carbons (Fsp3) is 0.375. The number of carbonyl (C=O) groups is 1. The molecule has 1 aromatic heterocycles. The van der Waals surface area contributed by atoms with Gasteiger partial charge in [0.25, 0.3) is 5.91 Å². The molecule has 0 bridgehead atoms. The lowest BCUT2D eigenvalue weighted by molar-refractivity contribution is 0.0931. The average molecular weight is 352 g/mol. The van der Waals surface area contributed by atoms with Crippen molar-refractivity contribution in [3.63, 3.8) is 0 Å². The zero-order valence-electron chi connectivity index (χ0n) is 13.3. The maximum Gasteiger partial charge on any atom is 0.251 e. The molecule has 1 N–H and O–H groups in total. The Bertz CT molecular complexity index is 768. The van der Waals surface area contributed by atoms with Gasteiger partial charge in [-0.15, -0.1) is 11.3 Å². The third-order valence-electron chi connectivity index (χ3n) is 3.29. The molecule has 2 rings (SSSR count). The molecule has 0 aliphatic heterocycles. The lowest BCUT2D eigenvalue weighted by Gasteiger charge is -2.18. The van der Waals surface area contributed by atoms with Gasteiger partial charge >= 0.3 is 0 Å². The van der Waals surface area contributed by atoms with Crippen LogP contribution in [0.1, 0.15) is 41.7 Å². The highest BCUT2D eigenvalue weighted by Crippen LogP contribution is 2.23. The summed E-state index contributed by atoms with van der Waals surface area (Å²) in [5.41, 5.74) is 0.332. The number of hydrogen-bond donors (Lipinski definition) is 1. The van der Waals surface area contributed by atoms with Crippen LogP contribution in [-0.2, 0) is 9.84 Å². The Labute approximate surface area is 140 Å². The molecule has 0 aliphatic rings. The van der Waals surface area contributed by atoms with E-state index >= 15 is 0 Å². The molecule has 0 radical (unpaired) electrons. The number of nitrogens with one attached hydrogen (secondary N) is 1. The van der Waals surface area contributed by atoms with E-state index in [-0.39, 0.29) is 16.8 Å². The molecular formula is C16H20N2O3S2. The molecule has 0 aliphatic carbocycles. The van der Waals surface area contributed by atoms with Crippen molar-refractivity contribution in [2.45, 2.75) is 31.2 Å². The predicted octanol–water partition coefficient (Wildman–Crippen LogP) is 3.06. The first-order valence-corrected chi connectivity index (χ1v) is 10.0. The number of benzene rings is 1.